The number of benzene rings is 3. The second-order valence-corrected chi connectivity index (χ2v) is 8.66. The molecule has 0 atom stereocenters. The maximum absolute atomic E-state index is 13.1. The summed E-state index contributed by atoms with van der Waals surface area (Å²) in [6.45, 7) is 3.80. The fraction of sp³-hybridized carbons (Fsp3) is 0.143. The number of rotatable bonds is 5. The molecule has 2 N–H and O–H groups in total. The summed E-state index contributed by atoms with van der Waals surface area (Å²) in [5, 5.41) is 10.3. The van der Waals surface area contributed by atoms with Gasteiger partial charge in [-0.15, -0.1) is 0 Å². The molecule has 3 amide bonds. The number of hydrogen-bond acceptors (Lipinski definition) is 4. The van der Waals surface area contributed by atoms with E-state index in [4.69, 9.17) is 0 Å². The van der Waals surface area contributed by atoms with Crippen LogP contribution in [0.1, 0.15) is 27.3 Å². The van der Waals surface area contributed by atoms with E-state index < -0.39 is 0 Å². The van der Waals surface area contributed by atoms with Gasteiger partial charge in [-0.1, -0.05) is 30.3 Å². The minimum absolute atomic E-state index is 0.0519. The van der Waals surface area contributed by atoms with Gasteiger partial charge in [-0.25, -0.2) is 4.68 Å². The van der Waals surface area contributed by atoms with Crippen molar-refractivity contribution in [1.82, 2.24) is 9.78 Å². The Morgan fingerprint density at radius 2 is 1.64 bits per heavy atom. The minimum Gasteiger partial charge on any atom is -0.326 e. The first kappa shape index (κ1) is 23.0. The Kier molecular flexibility index (Phi) is 6.08. The third kappa shape index (κ3) is 4.48. The number of nitrogens with zero attached hydrogens (tertiary/aromatic N) is 3. The van der Waals surface area contributed by atoms with Crippen LogP contribution in [-0.4, -0.2) is 34.0 Å². The molecule has 8 nitrogen and oxygen atoms in total. The fourth-order valence-corrected chi connectivity index (χ4v) is 4.38. The molecule has 180 valence electrons. The number of hydrogen-bond donors (Lipinski definition) is 2. The summed E-state index contributed by atoms with van der Waals surface area (Å²) < 4.78 is 1.84. The van der Waals surface area contributed by atoms with Crippen molar-refractivity contribution in [3.05, 3.63) is 101 Å². The third-order valence-electron chi connectivity index (χ3n) is 6.21. The van der Waals surface area contributed by atoms with E-state index in [-0.39, 0.29) is 30.7 Å². The summed E-state index contributed by atoms with van der Waals surface area (Å²) in [5.41, 5.74) is 5.81. The summed E-state index contributed by atoms with van der Waals surface area (Å²) in [5.74, 6) is -0.698. The van der Waals surface area contributed by atoms with Crippen molar-refractivity contribution < 1.29 is 14.4 Å². The van der Waals surface area contributed by atoms with Crippen molar-refractivity contribution in [2.24, 2.45) is 0 Å². The Balaban J connectivity index is 1.28. The molecule has 0 fully saturated rings. The third-order valence-corrected chi connectivity index (χ3v) is 6.21. The highest BCUT2D eigenvalue weighted by Gasteiger charge is 2.27. The molecule has 8 heteroatoms. The Morgan fingerprint density at radius 1 is 0.944 bits per heavy atom. The average molecular weight is 480 g/mol. The van der Waals surface area contributed by atoms with Gasteiger partial charge in [0.1, 0.15) is 6.54 Å². The van der Waals surface area contributed by atoms with Crippen LogP contribution >= 0.6 is 0 Å². The number of aryl methyl sites for hydroxylation is 1. The van der Waals surface area contributed by atoms with Gasteiger partial charge in [0.05, 0.1) is 29.2 Å². The zero-order valence-electron chi connectivity index (χ0n) is 20.0. The quantitative estimate of drug-likeness (QED) is 0.447. The smallest absolute Gasteiger partial charge is 0.258 e. The van der Waals surface area contributed by atoms with E-state index in [2.05, 4.69) is 15.7 Å². The van der Waals surface area contributed by atoms with E-state index in [1.807, 2.05) is 54.9 Å². The molecular weight excluding hydrogens is 454 g/mol. The molecule has 3 aromatic carbocycles. The molecular formula is C28H25N5O3. The lowest BCUT2D eigenvalue weighted by atomic mass is 10.1. The summed E-state index contributed by atoms with van der Waals surface area (Å²) in [6.07, 6.45) is 0.185. The van der Waals surface area contributed by atoms with Crippen molar-refractivity contribution in [3.8, 4) is 5.69 Å². The van der Waals surface area contributed by atoms with Gasteiger partial charge in [-0.3, -0.25) is 19.3 Å². The van der Waals surface area contributed by atoms with Crippen LogP contribution in [0.2, 0.25) is 0 Å². The number of carbonyl (C=O) groups excluding carboxylic acids is 3. The molecule has 0 spiro atoms. The van der Waals surface area contributed by atoms with Crippen LogP contribution in [0.4, 0.5) is 17.1 Å². The highest BCUT2D eigenvalue weighted by molar-refractivity contribution is 6.15. The first-order valence-corrected chi connectivity index (χ1v) is 11.6. The Hall–Kier alpha value is -4.72. The van der Waals surface area contributed by atoms with E-state index in [9.17, 15) is 14.4 Å². The zero-order valence-corrected chi connectivity index (χ0v) is 20.0. The van der Waals surface area contributed by atoms with Crippen LogP contribution in [0.3, 0.4) is 0 Å². The first-order chi connectivity index (χ1) is 17.4. The molecule has 36 heavy (non-hydrogen) atoms. The van der Waals surface area contributed by atoms with Crippen molar-refractivity contribution in [1.29, 1.82) is 0 Å². The molecule has 0 unspecified atom stereocenters. The lowest BCUT2D eigenvalue weighted by molar-refractivity contribution is -0.116. The van der Waals surface area contributed by atoms with Crippen molar-refractivity contribution >= 4 is 34.8 Å². The second kappa shape index (κ2) is 9.50. The molecule has 1 aromatic heterocycles. The molecule has 4 aromatic rings. The van der Waals surface area contributed by atoms with Crippen LogP contribution in [0.5, 0.6) is 0 Å². The lowest BCUT2D eigenvalue weighted by Crippen LogP contribution is -2.42. The van der Waals surface area contributed by atoms with Gasteiger partial charge in [0, 0.05) is 22.5 Å². The number of amides is 3. The Morgan fingerprint density at radius 3 is 2.39 bits per heavy atom. The number of nitrogens with one attached hydrogen (secondary N) is 2. The summed E-state index contributed by atoms with van der Waals surface area (Å²) in [4.78, 5) is 39.5. The number of carbonyl (C=O) groups is 3. The number of aromatic nitrogens is 2. The maximum atomic E-state index is 13.1. The predicted molar refractivity (Wildman–Crippen MR) is 139 cm³/mol. The van der Waals surface area contributed by atoms with Gasteiger partial charge in [0.2, 0.25) is 11.8 Å². The highest BCUT2D eigenvalue weighted by atomic mass is 16.2. The first-order valence-electron chi connectivity index (χ1n) is 11.6. The van der Waals surface area contributed by atoms with Crippen molar-refractivity contribution in [2.75, 3.05) is 22.1 Å². The topological polar surface area (TPSA) is 96.3 Å². The molecule has 0 saturated carbocycles. The largest absolute Gasteiger partial charge is 0.326 e. The molecule has 2 heterocycles. The predicted octanol–water partition coefficient (Wildman–Crippen LogP) is 4.27. The summed E-state index contributed by atoms with van der Waals surface area (Å²) in [6, 6.07) is 23.7. The SMILES string of the molecule is Cc1nn(-c2ccccc2)c(C)c1CC(=O)Nc1ccc(C(=O)N2CC(=O)Nc3ccccc32)cc1. The normalized spacial score (nSPS) is 12.6. The van der Waals surface area contributed by atoms with E-state index in [1.54, 1.807) is 42.5 Å². The fourth-order valence-electron chi connectivity index (χ4n) is 4.38. The van der Waals surface area contributed by atoms with Crippen LogP contribution in [0, 0.1) is 13.8 Å². The minimum atomic E-state index is -0.283. The van der Waals surface area contributed by atoms with E-state index in [0.29, 0.717) is 22.6 Å². The molecule has 0 radical (unpaired) electrons. The van der Waals surface area contributed by atoms with Crippen molar-refractivity contribution in [2.45, 2.75) is 20.3 Å². The monoisotopic (exact) mass is 479 g/mol. The van der Waals surface area contributed by atoms with Gasteiger partial charge < -0.3 is 10.6 Å². The van der Waals surface area contributed by atoms with Crippen LogP contribution < -0.4 is 15.5 Å². The van der Waals surface area contributed by atoms with E-state index in [1.165, 1.54) is 4.90 Å². The molecule has 0 bridgehead atoms. The molecule has 5 rings (SSSR count). The van der Waals surface area contributed by atoms with Gasteiger partial charge in [0.15, 0.2) is 0 Å². The maximum Gasteiger partial charge on any atom is 0.258 e. The van der Waals surface area contributed by atoms with Crippen LogP contribution in [0.15, 0.2) is 78.9 Å². The van der Waals surface area contributed by atoms with Crippen LogP contribution in [0.25, 0.3) is 5.69 Å². The zero-order chi connectivity index (χ0) is 25.2. The Labute approximate surface area is 208 Å². The van der Waals surface area contributed by atoms with Crippen LogP contribution in [-0.2, 0) is 16.0 Å². The molecule has 0 saturated heterocycles. The van der Waals surface area contributed by atoms with Gasteiger partial charge >= 0.3 is 0 Å². The summed E-state index contributed by atoms with van der Waals surface area (Å²) in [7, 11) is 0. The van der Waals surface area contributed by atoms with Gasteiger partial charge in [-0.2, -0.15) is 5.10 Å². The number of para-hydroxylation sites is 3. The number of anilines is 3. The Bertz CT molecular complexity index is 1460. The number of fused-ring (bicyclic) bond motifs is 1. The summed E-state index contributed by atoms with van der Waals surface area (Å²) >= 11 is 0. The van der Waals surface area contributed by atoms with Gasteiger partial charge in [-0.05, 0) is 62.4 Å². The molecule has 0 aliphatic carbocycles. The second-order valence-electron chi connectivity index (χ2n) is 8.66. The van der Waals surface area contributed by atoms with Crippen molar-refractivity contribution in [3.63, 3.8) is 0 Å². The van der Waals surface area contributed by atoms with Gasteiger partial charge in [0.25, 0.3) is 5.91 Å². The molecule has 1 aliphatic heterocycles. The van der Waals surface area contributed by atoms with E-state index in [0.717, 1.165) is 22.6 Å². The average Bonchev–Trinajstić information content (AvgIpc) is 3.17. The lowest BCUT2D eigenvalue weighted by Gasteiger charge is -2.29. The molecule has 1 aliphatic rings. The van der Waals surface area contributed by atoms with E-state index >= 15 is 0 Å². The highest BCUT2D eigenvalue weighted by Crippen LogP contribution is 2.30. The standard InChI is InChI=1S/C28H25N5O3/c1-18-23(19(2)33(31-18)22-8-4-3-5-9-22)16-26(34)29-21-14-12-20(13-15-21)28(36)32-17-27(35)30-24-10-6-7-11-25(24)32/h3-15H,16-17H2,1-2H3,(H,29,34)(H,30,35).